The molecule has 21 heavy (non-hydrogen) atoms. The first-order chi connectivity index (χ1) is 10.0. The van der Waals surface area contributed by atoms with E-state index in [2.05, 4.69) is 0 Å². The molecule has 0 bridgehead atoms. The van der Waals surface area contributed by atoms with Crippen molar-refractivity contribution in [2.75, 3.05) is 14.2 Å². The minimum absolute atomic E-state index is 0.113. The number of benzene rings is 2. The van der Waals surface area contributed by atoms with E-state index in [1.165, 1.54) is 17.0 Å². The van der Waals surface area contributed by atoms with Gasteiger partial charge in [-0.2, -0.15) is 0 Å². The second-order valence-electron chi connectivity index (χ2n) is 4.63. The van der Waals surface area contributed by atoms with E-state index in [0.29, 0.717) is 6.54 Å². The van der Waals surface area contributed by atoms with Crippen LogP contribution in [0, 0.1) is 5.82 Å². The number of hydrogen-bond donors (Lipinski definition) is 0. The number of nitrogens with zero attached hydrogens (tertiary/aromatic N) is 1. The van der Waals surface area contributed by atoms with Gasteiger partial charge in [0.05, 0.1) is 17.7 Å². The fourth-order valence-electron chi connectivity index (χ4n) is 1.95. The highest BCUT2D eigenvalue weighted by Gasteiger charge is 2.15. The van der Waals surface area contributed by atoms with E-state index < -0.39 is 5.82 Å². The number of halogens is 2. The average molecular weight is 308 g/mol. The van der Waals surface area contributed by atoms with E-state index in [-0.39, 0.29) is 16.5 Å². The van der Waals surface area contributed by atoms with Crippen LogP contribution in [0.4, 0.5) is 4.39 Å². The molecule has 1 amide bonds. The summed E-state index contributed by atoms with van der Waals surface area (Å²) in [6, 6.07) is 11.2. The highest BCUT2D eigenvalue weighted by atomic mass is 35.5. The van der Waals surface area contributed by atoms with Gasteiger partial charge in [-0.1, -0.05) is 23.7 Å². The van der Waals surface area contributed by atoms with Crippen LogP contribution in [-0.4, -0.2) is 25.0 Å². The zero-order valence-corrected chi connectivity index (χ0v) is 12.5. The molecular weight excluding hydrogens is 293 g/mol. The second kappa shape index (κ2) is 6.59. The molecule has 0 fully saturated rings. The molecule has 0 saturated carbocycles. The number of hydrogen-bond acceptors (Lipinski definition) is 2. The largest absolute Gasteiger partial charge is 0.497 e. The lowest BCUT2D eigenvalue weighted by Crippen LogP contribution is -2.26. The molecule has 2 aromatic carbocycles. The van der Waals surface area contributed by atoms with Gasteiger partial charge in [0.25, 0.3) is 5.91 Å². The molecule has 0 heterocycles. The van der Waals surface area contributed by atoms with Crippen molar-refractivity contribution < 1.29 is 13.9 Å². The summed E-state index contributed by atoms with van der Waals surface area (Å²) in [5.74, 6) is 0.0412. The van der Waals surface area contributed by atoms with Crippen LogP contribution in [0.25, 0.3) is 0 Å². The van der Waals surface area contributed by atoms with Crippen molar-refractivity contribution in [1.82, 2.24) is 4.90 Å². The molecule has 0 atom stereocenters. The lowest BCUT2D eigenvalue weighted by atomic mass is 10.1. The molecule has 0 unspecified atom stereocenters. The highest BCUT2D eigenvalue weighted by Crippen LogP contribution is 2.20. The molecule has 110 valence electrons. The third-order valence-electron chi connectivity index (χ3n) is 3.09. The predicted molar refractivity (Wildman–Crippen MR) is 80.2 cm³/mol. The Balaban J connectivity index is 2.11. The monoisotopic (exact) mass is 307 g/mol. The van der Waals surface area contributed by atoms with E-state index >= 15 is 0 Å². The Morgan fingerprint density at radius 3 is 2.48 bits per heavy atom. The van der Waals surface area contributed by atoms with Gasteiger partial charge in [0, 0.05) is 13.6 Å². The Bertz CT molecular complexity index is 643. The Labute approximate surface area is 127 Å². The Morgan fingerprint density at radius 1 is 1.24 bits per heavy atom. The van der Waals surface area contributed by atoms with E-state index in [9.17, 15) is 9.18 Å². The van der Waals surface area contributed by atoms with Crippen molar-refractivity contribution in [3.05, 3.63) is 64.4 Å². The van der Waals surface area contributed by atoms with Gasteiger partial charge in [-0.05, 0) is 35.9 Å². The van der Waals surface area contributed by atoms with E-state index in [0.717, 1.165) is 17.4 Å². The molecule has 0 spiro atoms. The first kappa shape index (κ1) is 15.3. The molecule has 0 N–H and O–H groups in total. The van der Waals surface area contributed by atoms with Crippen molar-refractivity contribution in [2.24, 2.45) is 0 Å². The molecule has 3 nitrogen and oxygen atoms in total. The van der Waals surface area contributed by atoms with Crippen molar-refractivity contribution in [3.63, 3.8) is 0 Å². The summed E-state index contributed by atoms with van der Waals surface area (Å²) < 4.78 is 18.1. The highest BCUT2D eigenvalue weighted by molar-refractivity contribution is 6.33. The molecule has 2 aromatic rings. The van der Waals surface area contributed by atoms with E-state index in [4.69, 9.17) is 16.3 Å². The molecular formula is C16H15ClFNO2. The smallest absolute Gasteiger partial charge is 0.255 e. The lowest BCUT2D eigenvalue weighted by molar-refractivity contribution is 0.0785. The third-order valence-corrected chi connectivity index (χ3v) is 3.40. The Hall–Kier alpha value is -2.07. The first-order valence-electron chi connectivity index (χ1n) is 6.34. The van der Waals surface area contributed by atoms with Crippen molar-refractivity contribution in [3.8, 4) is 5.75 Å². The molecule has 0 saturated heterocycles. The molecule has 0 aromatic heterocycles. The number of carbonyl (C=O) groups is 1. The lowest BCUT2D eigenvalue weighted by Gasteiger charge is -2.18. The van der Waals surface area contributed by atoms with Crippen LogP contribution in [0.15, 0.2) is 42.5 Å². The number of carbonyl (C=O) groups excluding carboxylic acids is 1. The van der Waals surface area contributed by atoms with Gasteiger partial charge < -0.3 is 9.64 Å². The predicted octanol–water partition coefficient (Wildman–Crippen LogP) is 3.76. The summed E-state index contributed by atoms with van der Waals surface area (Å²) in [5, 5.41) is 0.113. The van der Waals surface area contributed by atoms with Crippen LogP contribution >= 0.6 is 11.6 Å². The SMILES string of the molecule is COc1ccc(CN(C)C(=O)c2ccc(F)cc2Cl)cc1. The molecule has 0 aliphatic carbocycles. The van der Waals surface area contributed by atoms with Gasteiger partial charge in [0.15, 0.2) is 0 Å². The standard InChI is InChI=1S/C16H15ClFNO2/c1-19(10-11-3-6-13(21-2)7-4-11)16(20)14-8-5-12(18)9-15(14)17/h3-9H,10H2,1-2H3. The van der Waals surface area contributed by atoms with E-state index in [1.54, 1.807) is 14.2 Å². The van der Waals surface area contributed by atoms with Crippen LogP contribution < -0.4 is 4.74 Å². The topological polar surface area (TPSA) is 29.5 Å². The summed E-state index contributed by atoms with van der Waals surface area (Å²) in [7, 11) is 3.27. The maximum Gasteiger partial charge on any atom is 0.255 e. The van der Waals surface area contributed by atoms with Crippen molar-refractivity contribution >= 4 is 17.5 Å². The minimum Gasteiger partial charge on any atom is -0.497 e. The number of amides is 1. The van der Waals surface area contributed by atoms with Crippen molar-refractivity contribution in [1.29, 1.82) is 0 Å². The summed E-state index contributed by atoms with van der Waals surface area (Å²) in [6.07, 6.45) is 0. The summed E-state index contributed by atoms with van der Waals surface area (Å²) >= 11 is 5.91. The average Bonchev–Trinajstić information content (AvgIpc) is 2.47. The van der Waals surface area contributed by atoms with Crippen LogP contribution in [0.3, 0.4) is 0 Å². The molecule has 0 aliphatic heterocycles. The number of rotatable bonds is 4. The van der Waals surface area contributed by atoms with Crippen molar-refractivity contribution in [2.45, 2.75) is 6.54 Å². The fraction of sp³-hybridized carbons (Fsp3) is 0.188. The Morgan fingerprint density at radius 2 is 1.90 bits per heavy atom. The van der Waals surface area contributed by atoms with Crippen LogP contribution in [0.5, 0.6) is 5.75 Å². The molecule has 0 aliphatic rings. The maximum absolute atomic E-state index is 13.0. The quantitative estimate of drug-likeness (QED) is 0.860. The van der Waals surface area contributed by atoms with Crippen LogP contribution in [0.1, 0.15) is 15.9 Å². The van der Waals surface area contributed by atoms with E-state index in [1.807, 2.05) is 24.3 Å². The van der Waals surface area contributed by atoms with Gasteiger partial charge in [0.1, 0.15) is 11.6 Å². The number of methoxy groups -OCH3 is 1. The number of ether oxygens (including phenoxy) is 1. The molecule has 2 rings (SSSR count). The Kier molecular flexibility index (Phi) is 4.81. The molecule has 0 radical (unpaired) electrons. The summed E-state index contributed by atoms with van der Waals surface area (Å²) in [5.41, 5.74) is 1.25. The first-order valence-corrected chi connectivity index (χ1v) is 6.72. The normalized spacial score (nSPS) is 10.3. The summed E-state index contributed by atoms with van der Waals surface area (Å²) in [6.45, 7) is 0.427. The van der Waals surface area contributed by atoms with Crippen LogP contribution in [0.2, 0.25) is 5.02 Å². The summed E-state index contributed by atoms with van der Waals surface area (Å²) in [4.78, 5) is 13.8. The van der Waals surface area contributed by atoms with Gasteiger partial charge in [-0.15, -0.1) is 0 Å². The molecule has 5 heteroatoms. The van der Waals surface area contributed by atoms with Gasteiger partial charge in [-0.3, -0.25) is 4.79 Å². The second-order valence-corrected chi connectivity index (χ2v) is 5.04. The van der Waals surface area contributed by atoms with Crippen LogP contribution in [-0.2, 0) is 6.54 Å². The van der Waals surface area contributed by atoms with Gasteiger partial charge in [-0.25, -0.2) is 4.39 Å². The zero-order valence-electron chi connectivity index (χ0n) is 11.8. The third kappa shape index (κ3) is 3.73. The van der Waals surface area contributed by atoms with Gasteiger partial charge >= 0.3 is 0 Å². The zero-order chi connectivity index (χ0) is 15.4. The van der Waals surface area contributed by atoms with Gasteiger partial charge in [0.2, 0.25) is 0 Å². The fourth-order valence-corrected chi connectivity index (χ4v) is 2.19. The maximum atomic E-state index is 13.0. The minimum atomic E-state index is -0.464.